The number of carbonyl (C=O) groups is 1. The first kappa shape index (κ1) is 15.7. The topological polar surface area (TPSA) is 72.1 Å². The van der Waals surface area contributed by atoms with E-state index in [0.717, 1.165) is 9.90 Å². The van der Waals surface area contributed by atoms with Crippen molar-refractivity contribution in [3.63, 3.8) is 0 Å². The highest BCUT2D eigenvalue weighted by molar-refractivity contribution is 8.00. The van der Waals surface area contributed by atoms with Gasteiger partial charge in [-0.15, -0.1) is 21.5 Å². The van der Waals surface area contributed by atoms with Gasteiger partial charge >= 0.3 is 0 Å². The number of hydrogen-bond acceptors (Lipinski definition) is 7. The Morgan fingerprint density at radius 2 is 2.09 bits per heavy atom. The van der Waals surface area contributed by atoms with Crippen molar-refractivity contribution in [1.29, 1.82) is 0 Å². The fraction of sp³-hybridized carbons (Fsp3) is 0.200. The van der Waals surface area contributed by atoms with E-state index in [9.17, 15) is 4.79 Å². The van der Waals surface area contributed by atoms with Crippen LogP contribution in [0, 0.1) is 0 Å². The Morgan fingerprint density at radius 3 is 2.78 bits per heavy atom. The van der Waals surface area contributed by atoms with Gasteiger partial charge in [0, 0.05) is 18.0 Å². The molecule has 0 aliphatic carbocycles. The number of nitrogens with zero attached hydrogens (tertiary/aromatic N) is 4. The van der Waals surface area contributed by atoms with Gasteiger partial charge in [-0.05, 0) is 18.4 Å². The number of benzene rings is 1. The summed E-state index contributed by atoms with van der Waals surface area (Å²) in [6.07, 6.45) is 1.93. The second kappa shape index (κ2) is 6.93. The molecule has 0 radical (unpaired) electrons. The molecule has 23 heavy (non-hydrogen) atoms. The molecule has 0 atom stereocenters. The zero-order valence-electron chi connectivity index (χ0n) is 12.6. The summed E-state index contributed by atoms with van der Waals surface area (Å²) in [5, 5.41) is 9.77. The van der Waals surface area contributed by atoms with E-state index in [0.29, 0.717) is 17.5 Å². The molecule has 1 amide bonds. The number of rotatable bonds is 5. The van der Waals surface area contributed by atoms with Crippen molar-refractivity contribution in [3.8, 4) is 11.5 Å². The predicted molar refractivity (Wildman–Crippen MR) is 89.4 cm³/mol. The molecule has 2 aromatic heterocycles. The van der Waals surface area contributed by atoms with Crippen LogP contribution in [0.1, 0.15) is 16.4 Å². The normalized spacial score (nSPS) is 10.7. The van der Waals surface area contributed by atoms with Crippen molar-refractivity contribution in [1.82, 2.24) is 20.1 Å². The van der Waals surface area contributed by atoms with Crippen LogP contribution in [0.5, 0.6) is 0 Å². The van der Waals surface area contributed by atoms with E-state index in [2.05, 4.69) is 15.2 Å². The van der Waals surface area contributed by atoms with Crippen LogP contribution in [-0.4, -0.2) is 39.3 Å². The van der Waals surface area contributed by atoms with E-state index in [-0.39, 0.29) is 12.5 Å². The zero-order valence-corrected chi connectivity index (χ0v) is 14.2. The third-order valence-electron chi connectivity index (χ3n) is 3.08. The lowest BCUT2D eigenvalue weighted by Crippen LogP contribution is -2.26. The summed E-state index contributed by atoms with van der Waals surface area (Å²) in [6, 6.07) is 9.52. The van der Waals surface area contributed by atoms with E-state index in [1.165, 1.54) is 28.0 Å². The molecule has 0 saturated heterocycles. The van der Waals surface area contributed by atoms with Crippen molar-refractivity contribution in [2.45, 2.75) is 10.9 Å². The fourth-order valence-corrected chi connectivity index (χ4v) is 3.17. The van der Waals surface area contributed by atoms with Gasteiger partial charge in [-0.2, -0.15) is 0 Å². The lowest BCUT2D eigenvalue weighted by atomic mass is 10.2. The van der Waals surface area contributed by atoms with E-state index >= 15 is 0 Å². The first-order valence-corrected chi connectivity index (χ1v) is 8.90. The number of aromatic nitrogens is 3. The molecule has 118 valence electrons. The highest BCUT2D eigenvalue weighted by Crippen LogP contribution is 2.21. The third-order valence-corrected chi connectivity index (χ3v) is 4.95. The Kier molecular flexibility index (Phi) is 4.73. The largest absolute Gasteiger partial charge is 0.419 e. The summed E-state index contributed by atoms with van der Waals surface area (Å²) in [5.41, 5.74) is 1.29. The van der Waals surface area contributed by atoms with Gasteiger partial charge in [-0.3, -0.25) is 4.79 Å². The van der Waals surface area contributed by atoms with E-state index < -0.39 is 0 Å². The Hall–Kier alpha value is -2.19. The SMILES string of the molecule is CSc1nc(C(=O)N(C)Cc2nnc(-c3ccccc3)o2)cs1. The second-order valence-corrected chi connectivity index (χ2v) is 6.64. The molecule has 3 rings (SSSR count). The number of hydrogen-bond donors (Lipinski definition) is 0. The molecule has 0 aliphatic rings. The molecular weight excluding hydrogens is 332 g/mol. The van der Waals surface area contributed by atoms with Crippen LogP contribution in [-0.2, 0) is 6.54 Å². The maximum absolute atomic E-state index is 12.3. The molecule has 0 saturated carbocycles. The quantitative estimate of drug-likeness (QED) is 0.661. The molecule has 0 unspecified atom stereocenters. The van der Waals surface area contributed by atoms with Crippen LogP contribution < -0.4 is 0 Å². The van der Waals surface area contributed by atoms with E-state index in [4.69, 9.17) is 4.42 Å². The molecule has 2 heterocycles. The average molecular weight is 346 g/mol. The summed E-state index contributed by atoms with van der Waals surface area (Å²) in [5.74, 6) is 0.667. The van der Waals surface area contributed by atoms with Gasteiger partial charge in [-0.25, -0.2) is 4.98 Å². The molecule has 1 aromatic carbocycles. The van der Waals surface area contributed by atoms with Gasteiger partial charge in [0.15, 0.2) is 0 Å². The number of carbonyl (C=O) groups excluding carboxylic acids is 1. The highest BCUT2D eigenvalue weighted by Gasteiger charge is 2.18. The van der Waals surface area contributed by atoms with E-state index in [1.54, 1.807) is 12.4 Å². The minimum absolute atomic E-state index is 0.166. The van der Waals surface area contributed by atoms with Crippen LogP contribution in [0.3, 0.4) is 0 Å². The van der Waals surface area contributed by atoms with Gasteiger partial charge in [0.1, 0.15) is 10.0 Å². The minimum Gasteiger partial charge on any atom is -0.419 e. The maximum atomic E-state index is 12.3. The third kappa shape index (κ3) is 3.59. The summed E-state index contributed by atoms with van der Waals surface area (Å²) in [6.45, 7) is 0.241. The van der Waals surface area contributed by atoms with Crippen molar-refractivity contribution < 1.29 is 9.21 Å². The van der Waals surface area contributed by atoms with Gasteiger partial charge in [0.05, 0.1) is 6.54 Å². The smallest absolute Gasteiger partial charge is 0.273 e. The highest BCUT2D eigenvalue weighted by atomic mass is 32.2. The van der Waals surface area contributed by atoms with Crippen molar-refractivity contribution >= 4 is 29.0 Å². The molecule has 0 bridgehead atoms. The minimum atomic E-state index is -0.166. The summed E-state index contributed by atoms with van der Waals surface area (Å²) < 4.78 is 6.48. The van der Waals surface area contributed by atoms with Crippen LogP contribution >= 0.6 is 23.1 Å². The molecule has 0 spiro atoms. The van der Waals surface area contributed by atoms with Crippen molar-refractivity contribution in [2.24, 2.45) is 0 Å². The molecule has 8 heteroatoms. The van der Waals surface area contributed by atoms with Crippen molar-refractivity contribution in [3.05, 3.63) is 47.3 Å². The molecule has 0 N–H and O–H groups in total. The first-order valence-electron chi connectivity index (χ1n) is 6.80. The maximum Gasteiger partial charge on any atom is 0.273 e. The Bertz CT molecular complexity index is 801. The standard InChI is InChI=1S/C15H14N4O2S2/c1-19(14(20)11-9-23-15(16-11)22-2)8-12-17-18-13(21-12)10-6-4-3-5-7-10/h3-7,9H,8H2,1-2H3. The van der Waals surface area contributed by atoms with Crippen LogP contribution in [0.25, 0.3) is 11.5 Å². The summed E-state index contributed by atoms with van der Waals surface area (Å²) >= 11 is 2.98. The number of thiazole rings is 1. The molecule has 6 nitrogen and oxygen atoms in total. The lowest BCUT2D eigenvalue weighted by Gasteiger charge is -2.12. The van der Waals surface area contributed by atoms with Crippen molar-refractivity contribution in [2.75, 3.05) is 13.3 Å². The number of amides is 1. The monoisotopic (exact) mass is 346 g/mol. The van der Waals surface area contributed by atoms with Crippen LogP contribution in [0.15, 0.2) is 44.5 Å². The van der Waals surface area contributed by atoms with E-state index in [1.807, 2.05) is 36.6 Å². The Labute approximate surface area is 141 Å². The number of thioether (sulfide) groups is 1. The molecule has 0 aliphatic heterocycles. The molecule has 3 aromatic rings. The van der Waals surface area contributed by atoms with Gasteiger partial charge < -0.3 is 9.32 Å². The summed E-state index contributed by atoms with van der Waals surface area (Å²) in [4.78, 5) is 18.1. The van der Waals surface area contributed by atoms with Gasteiger partial charge in [-0.1, -0.05) is 30.0 Å². The first-order chi connectivity index (χ1) is 11.2. The van der Waals surface area contributed by atoms with Gasteiger partial charge in [0.25, 0.3) is 5.91 Å². The molecular formula is C15H14N4O2S2. The Morgan fingerprint density at radius 1 is 1.30 bits per heavy atom. The zero-order chi connectivity index (χ0) is 16.2. The molecule has 0 fully saturated rings. The Balaban J connectivity index is 1.69. The average Bonchev–Trinajstić information content (AvgIpc) is 3.24. The second-order valence-electron chi connectivity index (χ2n) is 4.73. The van der Waals surface area contributed by atoms with Crippen LogP contribution in [0.2, 0.25) is 0 Å². The fourth-order valence-electron chi connectivity index (χ4n) is 1.93. The van der Waals surface area contributed by atoms with Gasteiger partial charge in [0.2, 0.25) is 11.8 Å². The van der Waals surface area contributed by atoms with Crippen LogP contribution in [0.4, 0.5) is 0 Å². The predicted octanol–water partition coefficient (Wildman–Crippen LogP) is 3.19. The summed E-state index contributed by atoms with van der Waals surface area (Å²) in [7, 11) is 1.69. The lowest BCUT2D eigenvalue weighted by molar-refractivity contribution is 0.0767.